The summed E-state index contributed by atoms with van der Waals surface area (Å²) in [5.41, 5.74) is 0.494. The normalized spacial score (nSPS) is 47.9. The Kier molecular flexibility index (Phi) is 5.06. The van der Waals surface area contributed by atoms with Gasteiger partial charge >= 0.3 is 0 Å². The zero-order chi connectivity index (χ0) is 19.4. The lowest BCUT2D eigenvalue weighted by Gasteiger charge is -2.59. The number of rotatable bonds is 4. The summed E-state index contributed by atoms with van der Waals surface area (Å²) in [5.74, 6) is 3.78. The van der Waals surface area contributed by atoms with Crippen molar-refractivity contribution in [3.63, 3.8) is 0 Å². The first-order chi connectivity index (χ1) is 12.8. The van der Waals surface area contributed by atoms with Crippen LogP contribution in [0.3, 0.4) is 0 Å². The molecule has 4 aliphatic carbocycles. The highest BCUT2D eigenvalue weighted by Gasteiger charge is 2.62. The molecule has 152 valence electrons. The lowest BCUT2D eigenvalue weighted by Crippen LogP contribution is -2.57. The molecule has 3 nitrogen and oxygen atoms in total. The van der Waals surface area contributed by atoms with Gasteiger partial charge in [0.1, 0.15) is 11.6 Å². The molecule has 27 heavy (non-hydrogen) atoms. The van der Waals surface area contributed by atoms with E-state index in [2.05, 4.69) is 20.8 Å². The van der Waals surface area contributed by atoms with Gasteiger partial charge in [-0.2, -0.15) is 0 Å². The van der Waals surface area contributed by atoms with Crippen LogP contribution in [0.5, 0.6) is 0 Å². The standard InChI is InChI=1S/C24H38O3/c1-15(5-4-12-25)18-6-7-19-22-20(9-11-24(18,19)3)23(2)10-8-17(26)13-16(23)14-21(22)27/h15-16,18-20,22,25H,4-14H2,1-3H3/t15-,16+,18-,19+,20+,22+,23+,24-/m1/s1. The molecule has 0 aromatic carbocycles. The number of carbonyl (C=O) groups is 2. The highest BCUT2D eigenvalue weighted by molar-refractivity contribution is 5.86. The van der Waals surface area contributed by atoms with Gasteiger partial charge in [-0.3, -0.25) is 9.59 Å². The number of aliphatic hydroxyl groups is 1. The van der Waals surface area contributed by atoms with Gasteiger partial charge in [0.25, 0.3) is 0 Å². The number of ketones is 2. The van der Waals surface area contributed by atoms with Gasteiger partial charge < -0.3 is 5.11 Å². The van der Waals surface area contributed by atoms with Crippen molar-refractivity contribution in [3.8, 4) is 0 Å². The maximum Gasteiger partial charge on any atom is 0.136 e. The first-order valence-electron chi connectivity index (χ1n) is 11.5. The molecule has 0 unspecified atom stereocenters. The van der Waals surface area contributed by atoms with Crippen LogP contribution in [0.15, 0.2) is 0 Å². The van der Waals surface area contributed by atoms with E-state index in [0.717, 1.165) is 25.7 Å². The fourth-order valence-corrected chi connectivity index (χ4v) is 8.31. The van der Waals surface area contributed by atoms with Crippen molar-refractivity contribution >= 4 is 11.6 Å². The van der Waals surface area contributed by atoms with E-state index in [0.29, 0.717) is 66.0 Å². The molecule has 8 atom stereocenters. The number of aliphatic hydroxyl groups excluding tert-OH is 1. The van der Waals surface area contributed by atoms with E-state index < -0.39 is 0 Å². The van der Waals surface area contributed by atoms with Crippen molar-refractivity contribution in [2.24, 2.45) is 46.3 Å². The molecule has 1 N–H and O–H groups in total. The summed E-state index contributed by atoms with van der Waals surface area (Å²) in [6, 6.07) is 0. The number of Topliss-reactive ketones (excluding diaryl/α,β-unsaturated/α-hetero) is 2. The Bertz CT molecular complexity index is 613. The molecule has 4 fully saturated rings. The smallest absolute Gasteiger partial charge is 0.136 e. The van der Waals surface area contributed by atoms with Crippen LogP contribution in [0.1, 0.15) is 85.0 Å². The summed E-state index contributed by atoms with van der Waals surface area (Å²) >= 11 is 0. The van der Waals surface area contributed by atoms with Crippen molar-refractivity contribution in [1.82, 2.24) is 0 Å². The summed E-state index contributed by atoms with van der Waals surface area (Å²) in [5, 5.41) is 9.23. The van der Waals surface area contributed by atoms with Gasteiger partial charge in [-0.15, -0.1) is 0 Å². The second kappa shape index (κ2) is 6.97. The number of hydrogen-bond donors (Lipinski definition) is 1. The predicted molar refractivity (Wildman–Crippen MR) is 106 cm³/mol. The van der Waals surface area contributed by atoms with Crippen LogP contribution in [-0.4, -0.2) is 23.3 Å². The summed E-state index contributed by atoms with van der Waals surface area (Å²) in [6.45, 7) is 7.55. The van der Waals surface area contributed by atoms with E-state index in [1.54, 1.807) is 0 Å². The van der Waals surface area contributed by atoms with E-state index in [1.807, 2.05) is 0 Å². The molecule has 4 aliphatic rings. The van der Waals surface area contributed by atoms with Gasteiger partial charge in [0.05, 0.1) is 0 Å². The molecular formula is C24H38O3. The SMILES string of the molecule is C[C@H](CCCO)[C@H]1CC[C@H]2[C@@H]3C(=O)C[C@@H]4CC(=O)CC[C@]4(C)[C@H]3CC[C@]12C. The maximum absolute atomic E-state index is 13.3. The zero-order valence-corrected chi connectivity index (χ0v) is 17.5. The zero-order valence-electron chi connectivity index (χ0n) is 17.5. The van der Waals surface area contributed by atoms with Crippen LogP contribution in [0.4, 0.5) is 0 Å². The third kappa shape index (κ3) is 2.94. The highest BCUT2D eigenvalue weighted by Crippen LogP contribution is 2.67. The molecule has 0 heterocycles. The first-order valence-corrected chi connectivity index (χ1v) is 11.5. The van der Waals surface area contributed by atoms with Gasteiger partial charge in [0.15, 0.2) is 0 Å². The minimum atomic E-state index is 0.203. The molecule has 0 bridgehead atoms. The Morgan fingerprint density at radius 2 is 1.78 bits per heavy atom. The molecule has 0 aliphatic heterocycles. The van der Waals surface area contributed by atoms with E-state index in [4.69, 9.17) is 0 Å². The van der Waals surface area contributed by atoms with Crippen molar-refractivity contribution in [3.05, 3.63) is 0 Å². The van der Waals surface area contributed by atoms with Gasteiger partial charge in [-0.1, -0.05) is 20.8 Å². The van der Waals surface area contributed by atoms with Crippen molar-refractivity contribution in [2.45, 2.75) is 85.0 Å². The lowest BCUT2D eigenvalue weighted by atomic mass is 9.44. The summed E-state index contributed by atoms with van der Waals surface area (Å²) in [6.07, 6.45) is 9.92. The second-order valence-corrected chi connectivity index (χ2v) is 10.9. The van der Waals surface area contributed by atoms with E-state index in [-0.39, 0.29) is 11.3 Å². The fourth-order valence-electron chi connectivity index (χ4n) is 8.31. The molecule has 4 rings (SSSR count). The van der Waals surface area contributed by atoms with Crippen LogP contribution in [0.25, 0.3) is 0 Å². The summed E-state index contributed by atoms with van der Waals surface area (Å²) < 4.78 is 0. The van der Waals surface area contributed by atoms with E-state index in [9.17, 15) is 14.7 Å². The average Bonchev–Trinajstić information content (AvgIpc) is 2.98. The maximum atomic E-state index is 13.3. The Morgan fingerprint density at radius 3 is 2.52 bits per heavy atom. The van der Waals surface area contributed by atoms with Crippen LogP contribution < -0.4 is 0 Å². The van der Waals surface area contributed by atoms with Crippen LogP contribution in [0.2, 0.25) is 0 Å². The third-order valence-electron chi connectivity index (χ3n) is 9.86. The predicted octanol–water partition coefficient (Wildman–Crippen LogP) is 4.80. The van der Waals surface area contributed by atoms with E-state index in [1.165, 1.54) is 25.7 Å². The Hall–Kier alpha value is -0.700. The third-order valence-corrected chi connectivity index (χ3v) is 9.86. The van der Waals surface area contributed by atoms with Gasteiger partial charge in [0, 0.05) is 31.8 Å². The Morgan fingerprint density at radius 1 is 1.04 bits per heavy atom. The molecule has 0 saturated heterocycles. The quantitative estimate of drug-likeness (QED) is 0.769. The summed E-state index contributed by atoms with van der Waals surface area (Å²) in [4.78, 5) is 25.4. The minimum absolute atomic E-state index is 0.203. The molecule has 0 spiro atoms. The van der Waals surface area contributed by atoms with Crippen molar-refractivity contribution in [1.29, 1.82) is 0 Å². The van der Waals surface area contributed by atoms with E-state index >= 15 is 0 Å². The van der Waals surface area contributed by atoms with Crippen molar-refractivity contribution in [2.75, 3.05) is 6.61 Å². The number of carbonyl (C=O) groups excluding carboxylic acids is 2. The van der Waals surface area contributed by atoms with Crippen LogP contribution >= 0.6 is 0 Å². The van der Waals surface area contributed by atoms with Gasteiger partial charge in [0.2, 0.25) is 0 Å². The van der Waals surface area contributed by atoms with Crippen molar-refractivity contribution < 1.29 is 14.7 Å². The molecule has 0 amide bonds. The summed E-state index contributed by atoms with van der Waals surface area (Å²) in [7, 11) is 0. The Labute approximate surface area is 164 Å². The molecule has 0 radical (unpaired) electrons. The van der Waals surface area contributed by atoms with Gasteiger partial charge in [-0.25, -0.2) is 0 Å². The van der Waals surface area contributed by atoms with Crippen LogP contribution in [-0.2, 0) is 9.59 Å². The molecule has 4 saturated carbocycles. The molecule has 3 heteroatoms. The second-order valence-electron chi connectivity index (χ2n) is 10.9. The lowest BCUT2D eigenvalue weighted by molar-refractivity contribution is -0.159. The number of hydrogen-bond acceptors (Lipinski definition) is 3. The first kappa shape index (κ1) is 19.6. The number of fused-ring (bicyclic) bond motifs is 5. The fraction of sp³-hybridized carbons (Fsp3) is 0.917. The monoisotopic (exact) mass is 374 g/mol. The molecule has 0 aromatic heterocycles. The van der Waals surface area contributed by atoms with Gasteiger partial charge in [-0.05, 0) is 85.4 Å². The largest absolute Gasteiger partial charge is 0.396 e. The minimum Gasteiger partial charge on any atom is -0.396 e. The molecule has 0 aromatic rings. The highest BCUT2D eigenvalue weighted by atomic mass is 16.3. The Balaban J connectivity index is 1.59. The topological polar surface area (TPSA) is 54.4 Å². The van der Waals surface area contributed by atoms with Crippen LogP contribution in [0, 0.1) is 46.3 Å². The molecular weight excluding hydrogens is 336 g/mol. The average molecular weight is 375 g/mol.